The molecule has 0 unspecified atom stereocenters. The van der Waals surface area contributed by atoms with Crippen LogP contribution in [0.4, 0.5) is 0 Å². The van der Waals surface area contributed by atoms with E-state index in [0.717, 1.165) is 16.7 Å². The minimum absolute atomic E-state index is 0.0484. The van der Waals surface area contributed by atoms with Crippen LogP contribution in [-0.4, -0.2) is 15.6 Å². The number of aromatic nitrogens is 2. The summed E-state index contributed by atoms with van der Waals surface area (Å²) >= 11 is 0. The zero-order valence-electron chi connectivity index (χ0n) is 13.6. The summed E-state index contributed by atoms with van der Waals surface area (Å²) in [6.07, 6.45) is 3.64. The van der Waals surface area contributed by atoms with Gasteiger partial charge in [0.1, 0.15) is 0 Å². The molecule has 4 nitrogen and oxygen atoms in total. The first-order valence-corrected chi connectivity index (χ1v) is 7.22. The zero-order chi connectivity index (χ0) is 16.7. The van der Waals surface area contributed by atoms with Crippen LogP contribution in [0.15, 0.2) is 42.7 Å². The first-order valence-electron chi connectivity index (χ1n) is 7.22. The molecule has 4 heteroatoms. The third-order valence-electron chi connectivity index (χ3n) is 3.02. The summed E-state index contributed by atoms with van der Waals surface area (Å²) in [4.78, 5) is 12.3. The Morgan fingerprint density at radius 3 is 2.64 bits per heavy atom. The average molecular weight is 295 g/mol. The molecule has 114 valence electrons. The molecule has 0 aliphatic carbocycles. The van der Waals surface area contributed by atoms with Crippen LogP contribution in [-0.2, 0) is 7.05 Å². The molecular formula is C18H21N3O. The number of hydrogen-bond acceptors (Lipinski definition) is 3. The second kappa shape index (κ2) is 7.94. The van der Waals surface area contributed by atoms with Crippen molar-refractivity contribution in [1.29, 1.82) is 5.26 Å². The zero-order valence-corrected chi connectivity index (χ0v) is 13.6. The summed E-state index contributed by atoms with van der Waals surface area (Å²) in [6, 6.07) is 7.55. The van der Waals surface area contributed by atoms with E-state index in [-0.39, 0.29) is 17.8 Å². The number of nitriles is 1. The summed E-state index contributed by atoms with van der Waals surface area (Å²) < 4.78 is 1.69. The molecule has 0 spiro atoms. The van der Waals surface area contributed by atoms with Gasteiger partial charge in [0.25, 0.3) is 0 Å². The van der Waals surface area contributed by atoms with Gasteiger partial charge in [0, 0.05) is 36.4 Å². The topological polar surface area (TPSA) is 58.7 Å². The fraction of sp³-hybridized carbons (Fsp3) is 0.278. The number of ketones is 1. The number of nitrogens with zero attached hydrogens (tertiary/aromatic N) is 3. The Bertz CT molecular complexity index is 720. The van der Waals surface area contributed by atoms with Crippen LogP contribution in [0.3, 0.4) is 0 Å². The first kappa shape index (κ1) is 17.4. The summed E-state index contributed by atoms with van der Waals surface area (Å²) in [6.45, 7) is 9.54. The molecule has 0 saturated heterocycles. The van der Waals surface area contributed by atoms with Gasteiger partial charge in [-0.3, -0.25) is 9.48 Å². The molecule has 0 saturated carbocycles. The van der Waals surface area contributed by atoms with Crippen molar-refractivity contribution in [3.63, 3.8) is 0 Å². The number of Topliss-reactive ketones (excluding diaryl/α,β-unsaturated/α-hetero) is 1. The smallest absolute Gasteiger partial charge is 0.168 e. The quantitative estimate of drug-likeness (QED) is 0.631. The molecule has 0 aliphatic heterocycles. The molecule has 1 aromatic heterocycles. The Balaban J connectivity index is 0.00000116. The first-order chi connectivity index (χ1) is 10.5. The van der Waals surface area contributed by atoms with E-state index in [9.17, 15) is 4.79 Å². The highest BCUT2D eigenvalue weighted by molar-refractivity contribution is 6.03. The van der Waals surface area contributed by atoms with Gasteiger partial charge in [-0.25, -0.2) is 0 Å². The predicted molar refractivity (Wildman–Crippen MR) is 88.4 cm³/mol. The number of carbonyl (C=O) groups excluding carboxylic acids is 1. The summed E-state index contributed by atoms with van der Waals surface area (Å²) in [5, 5.41) is 12.9. The third-order valence-corrected chi connectivity index (χ3v) is 3.02. The Hall–Kier alpha value is -2.67. The van der Waals surface area contributed by atoms with Crippen LogP contribution >= 0.6 is 0 Å². The van der Waals surface area contributed by atoms with Crippen LogP contribution in [0.25, 0.3) is 11.1 Å². The van der Waals surface area contributed by atoms with Crippen molar-refractivity contribution in [1.82, 2.24) is 9.78 Å². The van der Waals surface area contributed by atoms with Crippen molar-refractivity contribution in [3.8, 4) is 17.2 Å². The van der Waals surface area contributed by atoms with Gasteiger partial charge in [0.2, 0.25) is 0 Å². The Labute approximate surface area is 131 Å². The lowest BCUT2D eigenvalue weighted by Crippen LogP contribution is -2.02. The minimum atomic E-state index is -0.101. The normalized spacial score (nSPS) is 9.41. The van der Waals surface area contributed by atoms with Gasteiger partial charge in [-0.05, 0) is 12.5 Å². The van der Waals surface area contributed by atoms with Gasteiger partial charge in [0.05, 0.1) is 12.3 Å². The number of aryl methyl sites for hydroxylation is 2. The van der Waals surface area contributed by atoms with Crippen LogP contribution in [0, 0.1) is 18.3 Å². The van der Waals surface area contributed by atoms with Crippen LogP contribution in [0.5, 0.6) is 0 Å². The molecule has 0 fully saturated rings. The van der Waals surface area contributed by atoms with Crippen molar-refractivity contribution in [2.75, 3.05) is 0 Å². The summed E-state index contributed by atoms with van der Waals surface area (Å²) in [7, 11) is 1.83. The molecule has 1 aromatic carbocycles. The fourth-order valence-corrected chi connectivity index (χ4v) is 2.03. The highest BCUT2D eigenvalue weighted by Crippen LogP contribution is 2.26. The van der Waals surface area contributed by atoms with E-state index in [1.165, 1.54) is 0 Å². The largest absolute Gasteiger partial charge is 0.294 e. The van der Waals surface area contributed by atoms with Gasteiger partial charge < -0.3 is 0 Å². The number of allylic oxidation sites excluding steroid dienone is 1. The van der Waals surface area contributed by atoms with Crippen LogP contribution < -0.4 is 0 Å². The van der Waals surface area contributed by atoms with Crippen molar-refractivity contribution in [2.24, 2.45) is 7.05 Å². The maximum absolute atomic E-state index is 12.3. The molecule has 2 rings (SSSR count). The second-order valence-corrected chi connectivity index (χ2v) is 4.77. The van der Waals surface area contributed by atoms with Gasteiger partial charge in [0.15, 0.2) is 5.78 Å². The molecule has 0 N–H and O–H groups in total. The lowest BCUT2D eigenvalue weighted by molar-refractivity contribution is 0.0994. The predicted octanol–water partition coefficient (Wildman–Crippen LogP) is 4.07. The highest BCUT2D eigenvalue weighted by Gasteiger charge is 2.15. The average Bonchev–Trinajstić information content (AvgIpc) is 2.95. The van der Waals surface area contributed by atoms with Gasteiger partial charge in [-0.15, -0.1) is 0 Å². The minimum Gasteiger partial charge on any atom is -0.294 e. The monoisotopic (exact) mass is 295 g/mol. The molecule has 2 aromatic rings. The summed E-state index contributed by atoms with van der Waals surface area (Å²) in [5.41, 5.74) is 3.67. The van der Waals surface area contributed by atoms with Crippen molar-refractivity contribution < 1.29 is 4.79 Å². The fourth-order valence-electron chi connectivity index (χ4n) is 2.03. The number of rotatable bonds is 4. The lowest BCUT2D eigenvalue weighted by Gasteiger charge is -2.08. The van der Waals surface area contributed by atoms with E-state index in [1.54, 1.807) is 16.9 Å². The Morgan fingerprint density at radius 2 is 2.09 bits per heavy atom. The van der Waals surface area contributed by atoms with E-state index in [1.807, 2.05) is 52.2 Å². The number of carbonyl (C=O) groups is 1. The standard InChI is InChI=1S/C16H15N3O.C2H6/c1-11-4-5-14(16(20)7-12(2)8-17)15(6-11)13-9-18-19(3)10-13;1-2/h4-6,9-10H,2,7H2,1,3H3;1-2H3. The molecule has 1 heterocycles. The third kappa shape index (κ3) is 4.16. The van der Waals surface area contributed by atoms with E-state index >= 15 is 0 Å². The molecule has 22 heavy (non-hydrogen) atoms. The Morgan fingerprint density at radius 1 is 1.41 bits per heavy atom. The van der Waals surface area contributed by atoms with Gasteiger partial charge in [-0.2, -0.15) is 10.4 Å². The second-order valence-electron chi connectivity index (χ2n) is 4.77. The summed E-state index contributed by atoms with van der Waals surface area (Å²) in [5.74, 6) is -0.101. The van der Waals surface area contributed by atoms with Crippen LogP contribution in [0.1, 0.15) is 36.2 Å². The van der Waals surface area contributed by atoms with Crippen molar-refractivity contribution >= 4 is 5.78 Å². The Kier molecular flexibility index (Phi) is 6.27. The number of hydrogen-bond donors (Lipinski definition) is 0. The molecular weight excluding hydrogens is 274 g/mol. The molecule has 0 amide bonds. The molecule has 0 bridgehead atoms. The van der Waals surface area contributed by atoms with Gasteiger partial charge >= 0.3 is 0 Å². The molecule has 0 atom stereocenters. The van der Waals surface area contributed by atoms with Gasteiger partial charge in [-0.1, -0.05) is 44.2 Å². The highest BCUT2D eigenvalue weighted by atomic mass is 16.1. The SMILES string of the molecule is C=C(C#N)CC(=O)c1ccc(C)cc1-c1cnn(C)c1.CC. The lowest BCUT2D eigenvalue weighted by atomic mass is 9.94. The van der Waals surface area contributed by atoms with E-state index in [0.29, 0.717) is 5.56 Å². The maximum atomic E-state index is 12.3. The van der Waals surface area contributed by atoms with E-state index in [2.05, 4.69) is 11.7 Å². The molecule has 0 radical (unpaired) electrons. The van der Waals surface area contributed by atoms with Crippen LogP contribution in [0.2, 0.25) is 0 Å². The maximum Gasteiger partial charge on any atom is 0.168 e. The number of benzene rings is 1. The van der Waals surface area contributed by atoms with Crippen molar-refractivity contribution in [2.45, 2.75) is 27.2 Å². The van der Waals surface area contributed by atoms with E-state index in [4.69, 9.17) is 5.26 Å². The molecule has 0 aliphatic rings. The van der Waals surface area contributed by atoms with E-state index < -0.39 is 0 Å². The van der Waals surface area contributed by atoms with Crippen molar-refractivity contribution in [3.05, 3.63) is 53.9 Å².